The molecule has 6 rings (SSSR count). The van der Waals surface area contributed by atoms with Gasteiger partial charge >= 0.3 is 0 Å². The molecule has 5 heterocycles. The summed E-state index contributed by atoms with van der Waals surface area (Å²) in [6.07, 6.45) is 6.33. The molecule has 2 unspecified atom stereocenters. The summed E-state index contributed by atoms with van der Waals surface area (Å²) in [4.78, 5) is 37.0. The third-order valence-corrected chi connectivity index (χ3v) is 6.42. The molecule has 1 aromatic carbocycles. The van der Waals surface area contributed by atoms with Crippen molar-refractivity contribution in [2.24, 2.45) is 10.7 Å². The highest BCUT2D eigenvalue weighted by Crippen LogP contribution is 2.32. The number of nitrogens with two attached hydrogens (primary N) is 1. The van der Waals surface area contributed by atoms with Gasteiger partial charge in [-0.25, -0.2) is 9.98 Å². The van der Waals surface area contributed by atoms with Crippen LogP contribution in [-0.4, -0.2) is 46.9 Å². The first kappa shape index (κ1) is 26.2. The van der Waals surface area contributed by atoms with Crippen molar-refractivity contribution in [1.29, 1.82) is 0 Å². The molecular weight excluding hydrogens is 470 g/mol. The van der Waals surface area contributed by atoms with Crippen molar-refractivity contribution in [3.63, 3.8) is 0 Å². The van der Waals surface area contributed by atoms with Gasteiger partial charge in [-0.05, 0) is 56.2 Å². The number of aromatic nitrogens is 1. The number of allylic oxidation sites excluding steroid dienone is 1. The minimum absolute atomic E-state index is 0.0889. The Bertz CT molecular complexity index is 1210. The van der Waals surface area contributed by atoms with Gasteiger partial charge < -0.3 is 20.5 Å². The fourth-order valence-corrected chi connectivity index (χ4v) is 4.63. The van der Waals surface area contributed by atoms with E-state index in [1.165, 1.54) is 4.90 Å². The van der Waals surface area contributed by atoms with Crippen LogP contribution in [0.5, 0.6) is 11.5 Å². The van der Waals surface area contributed by atoms with Gasteiger partial charge in [0.05, 0.1) is 37.5 Å². The van der Waals surface area contributed by atoms with Crippen LogP contribution in [0.3, 0.4) is 0 Å². The Balaban J connectivity index is 0.00000156. The van der Waals surface area contributed by atoms with Crippen LogP contribution in [0.15, 0.2) is 41.4 Å². The van der Waals surface area contributed by atoms with Gasteiger partial charge in [-0.15, -0.1) is 0 Å². The Labute approximate surface area is 217 Å². The lowest BCUT2D eigenvalue weighted by Gasteiger charge is -2.29. The molecule has 2 amide bonds. The molecule has 0 saturated heterocycles. The van der Waals surface area contributed by atoms with Crippen LogP contribution in [-0.2, 0) is 11.3 Å². The van der Waals surface area contributed by atoms with Gasteiger partial charge in [0.25, 0.3) is 5.91 Å². The zero-order chi connectivity index (χ0) is 26.4. The molecule has 9 nitrogen and oxygen atoms in total. The molecular formula is C28H35N5O4. The largest absolute Gasteiger partial charge is 0.494 e. The molecule has 0 saturated carbocycles. The van der Waals surface area contributed by atoms with Crippen molar-refractivity contribution in [2.45, 2.75) is 65.1 Å². The quantitative estimate of drug-likeness (QED) is 0.637. The first-order chi connectivity index (χ1) is 18.0. The number of nitrogens with zero attached hydrogens (tertiary/aromatic N) is 3. The number of aliphatic imine (C=N–C) groups is 1. The highest BCUT2D eigenvalue weighted by Gasteiger charge is 2.29. The number of amides is 2. The molecule has 1 aromatic heterocycles. The third kappa shape index (κ3) is 5.93. The topological polar surface area (TPSA) is 119 Å². The average molecular weight is 506 g/mol. The number of carbonyl (C=O) groups excluding carboxylic acids is 2. The second kappa shape index (κ2) is 11.9. The van der Waals surface area contributed by atoms with Crippen molar-refractivity contribution in [1.82, 2.24) is 15.2 Å². The first-order valence-corrected chi connectivity index (χ1v) is 13.0. The van der Waals surface area contributed by atoms with E-state index in [9.17, 15) is 9.59 Å². The van der Waals surface area contributed by atoms with Gasteiger partial charge in [-0.2, -0.15) is 0 Å². The molecule has 196 valence electrons. The van der Waals surface area contributed by atoms with E-state index in [0.29, 0.717) is 48.7 Å². The maximum atomic E-state index is 13.3. The van der Waals surface area contributed by atoms with Crippen molar-refractivity contribution in [3.8, 4) is 11.5 Å². The number of benzene rings is 1. The molecule has 3 N–H and O–H groups in total. The fourth-order valence-electron chi connectivity index (χ4n) is 4.63. The summed E-state index contributed by atoms with van der Waals surface area (Å²) < 4.78 is 11.6. The van der Waals surface area contributed by atoms with Crippen LogP contribution in [0.4, 0.5) is 0 Å². The lowest BCUT2D eigenvalue weighted by molar-refractivity contribution is -0.128. The zero-order valence-corrected chi connectivity index (χ0v) is 21.7. The highest BCUT2D eigenvalue weighted by molar-refractivity contribution is 5.99. The number of guanidine groups is 1. The van der Waals surface area contributed by atoms with E-state index in [1.54, 1.807) is 18.2 Å². The number of hydrogen-bond donors (Lipinski definition) is 2. The average Bonchev–Trinajstić information content (AvgIpc) is 2.90. The Morgan fingerprint density at radius 2 is 2.03 bits per heavy atom. The molecule has 2 atom stereocenters. The molecule has 2 aromatic rings. The first-order valence-electron chi connectivity index (χ1n) is 13.0. The van der Waals surface area contributed by atoms with Gasteiger partial charge in [0.15, 0.2) is 5.96 Å². The van der Waals surface area contributed by atoms with E-state index >= 15 is 0 Å². The van der Waals surface area contributed by atoms with Crippen LogP contribution < -0.4 is 20.5 Å². The number of hydrogen-bond acceptors (Lipinski definition) is 7. The summed E-state index contributed by atoms with van der Waals surface area (Å²) in [6, 6.07) is 8.60. The van der Waals surface area contributed by atoms with Crippen LogP contribution in [0.1, 0.15) is 79.8 Å². The van der Waals surface area contributed by atoms with Crippen LogP contribution in [0.25, 0.3) is 6.08 Å². The van der Waals surface area contributed by atoms with Gasteiger partial charge in [-0.3, -0.25) is 14.5 Å². The van der Waals surface area contributed by atoms with Crippen molar-refractivity contribution < 1.29 is 19.1 Å². The number of rotatable bonds is 2. The molecule has 0 fully saturated rings. The lowest BCUT2D eigenvalue weighted by Crippen LogP contribution is -2.46. The number of fused-ring (bicyclic) bond motifs is 4. The zero-order valence-electron chi connectivity index (χ0n) is 21.7. The summed E-state index contributed by atoms with van der Waals surface area (Å²) in [5.41, 5.74) is 8.88. The van der Waals surface area contributed by atoms with E-state index in [1.807, 2.05) is 45.1 Å². The maximum Gasteiger partial charge on any atom is 0.251 e. The summed E-state index contributed by atoms with van der Waals surface area (Å²) in [5.74, 6) is 1.16. The number of nitrogens with one attached hydrogen (secondary N) is 1. The van der Waals surface area contributed by atoms with E-state index in [0.717, 1.165) is 17.8 Å². The predicted octanol–water partition coefficient (Wildman–Crippen LogP) is 3.98. The fraction of sp³-hybridized carbons (Fsp3) is 0.429. The normalized spacial score (nSPS) is 21.8. The van der Waals surface area contributed by atoms with Gasteiger partial charge in [0, 0.05) is 24.0 Å². The number of ether oxygens (including phenoxy) is 2. The van der Waals surface area contributed by atoms with Gasteiger partial charge in [0.1, 0.15) is 17.2 Å². The molecule has 4 aliphatic heterocycles. The Morgan fingerprint density at radius 1 is 1.19 bits per heavy atom. The molecule has 9 heteroatoms. The maximum absolute atomic E-state index is 13.3. The van der Waals surface area contributed by atoms with E-state index in [-0.39, 0.29) is 42.8 Å². The van der Waals surface area contributed by atoms with Crippen molar-refractivity contribution in [2.75, 3.05) is 13.2 Å². The number of pyridine rings is 1. The Hall–Kier alpha value is -3.88. The molecule has 37 heavy (non-hydrogen) atoms. The predicted molar refractivity (Wildman–Crippen MR) is 142 cm³/mol. The second-order valence-electron chi connectivity index (χ2n) is 8.84. The highest BCUT2D eigenvalue weighted by atomic mass is 16.5. The summed E-state index contributed by atoms with van der Waals surface area (Å²) in [7, 11) is 0. The Morgan fingerprint density at radius 3 is 2.81 bits per heavy atom. The molecule has 0 aliphatic carbocycles. The second-order valence-corrected chi connectivity index (χ2v) is 8.84. The summed E-state index contributed by atoms with van der Waals surface area (Å²) in [5, 5.41) is 3.11. The minimum atomic E-state index is -0.266. The van der Waals surface area contributed by atoms with Crippen molar-refractivity contribution >= 4 is 23.8 Å². The molecule has 0 spiro atoms. The van der Waals surface area contributed by atoms with Crippen LogP contribution in [0, 0.1) is 0 Å². The summed E-state index contributed by atoms with van der Waals surface area (Å²) >= 11 is 0. The van der Waals surface area contributed by atoms with E-state index in [4.69, 9.17) is 20.2 Å². The van der Waals surface area contributed by atoms with Crippen LogP contribution >= 0.6 is 0 Å². The van der Waals surface area contributed by atoms with E-state index < -0.39 is 0 Å². The van der Waals surface area contributed by atoms with Gasteiger partial charge in [0.2, 0.25) is 5.91 Å². The lowest BCUT2D eigenvalue weighted by atomic mass is 10.0. The smallest absolute Gasteiger partial charge is 0.251 e. The van der Waals surface area contributed by atoms with Gasteiger partial charge in [-0.1, -0.05) is 19.9 Å². The molecule has 4 aliphatic rings. The third-order valence-electron chi connectivity index (χ3n) is 6.42. The monoisotopic (exact) mass is 505 g/mol. The SMILES string of the molecule is CC.CCOc1ccc2cc1CN1C(=O)CC(CC/C=C\c3ccc4c(n3)C(CCO4)NC2=O)N=C1N. The minimum Gasteiger partial charge on any atom is -0.494 e. The standard InChI is InChI=1S/C26H29N5O4.C2H6/c1-2-34-21-9-7-16-13-17(21)15-31-23(32)14-19(29-26(31)27)6-4-3-5-18-8-10-22-24(28-18)20(11-12-35-22)30-25(16)33;1-2/h3,5,7-10,13,19-20H,2,4,6,11-12,14-15H2,1H3,(H2,27,29)(H,30,33);1-2H3/b5-3-;. The number of carbonyl (C=O) groups is 2. The van der Waals surface area contributed by atoms with E-state index in [2.05, 4.69) is 10.3 Å². The van der Waals surface area contributed by atoms with Crippen molar-refractivity contribution in [3.05, 3.63) is 58.9 Å². The summed E-state index contributed by atoms with van der Waals surface area (Å²) in [6.45, 7) is 7.03. The van der Waals surface area contributed by atoms with Crippen LogP contribution in [0.2, 0.25) is 0 Å². The molecule has 0 radical (unpaired) electrons. The Kier molecular flexibility index (Phi) is 8.43. The molecule has 6 bridgehead atoms.